The third kappa shape index (κ3) is 60.5. The van der Waals surface area contributed by atoms with Crippen molar-refractivity contribution in [2.75, 3.05) is 26.4 Å². The van der Waals surface area contributed by atoms with Crippen LogP contribution in [0.5, 0.6) is 0 Å². The quantitative estimate of drug-likeness (QED) is 0.0197. The third-order valence-corrected chi connectivity index (χ3v) is 14.3. The van der Waals surface area contributed by atoms with Crippen LogP contribution in [-0.2, 0) is 42.2 Å². The van der Waals surface area contributed by atoms with Gasteiger partial charge in [-0.15, -0.1) is 0 Å². The number of rotatable bonds is 59. The lowest BCUT2D eigenvalue weighted by molar-refractivity contribution is -0.161. The van der Waals surface area contributed by atoms with Crippen LogP contribution >= 0.6 is 7.82 Å². The molecule has 0 fully saturated rings. The van der Waals surface area contributed by atoms with Crippen LogP contribution in [-0.4, -0.2) is 66.5 Å². The van der Waals surface area contributed by atoms with Gasteiger partial charge in [0.1, 0.15) is 12.7 Å². The number of esters is 3. The van der Waals surface area contributed by atoms with Crippen LogP contribution in [0.3, 0.4) is 0 Å². The molecule has 0 bridgehead atoms. The number of phosphoric acid groups is 1. The Labute approximate surface area is 500 Å². The molecule has 0 aromatic carbocycles. The van der Waals surface area contributed by atoms with E-state index in [2.05, 4.69) is 130 Å². The lowest BCUT2D eigenvalue weighted by Gasteiger charge is -2.21. The van der Waals surface area contributed by atoms with Crippen LogP contribution in [0.15, 0.2) is 122 Å². The number of hydrogen-bond donors (Lipinski definition) is 2. The van der Waals surface area contributed by atoms with Crippen molar-refractivity contribution in [3.63, 3.8) is 0 Å². The number of carbonyl (C=O) groups is 3. The highest BCUT2D eigenvalue weighted by molar-refractivity contribution is 7.47. The van der Waals surface area contributed by atoms with E-state index in [1.54, 1.807) is 0 Å². The van der Waals surface area contributed by atoms with Gasteiger partial charge in [0.05, 0.1) is 19.8 Å². The van der Waals surface area contributed by atoms with Crippen molar-refractivity contribution in [2.24, 2.45) is 0 Å². The van der Waals surface area contributed by atoms with Gasteiger partial charge >= 0.3 is 25.7 Å². The van der Waals surface area contributed by atoms with Gasteiger partial charge in [0.2, 0.25) is 0 Å². The van der Waals surface area contributed by atoms with Crippen molar-refractivity contribution in [2.45, 2.75) is 277 Å². The fraction of sp³-hybridized carbons (Fsp3) is 0.671. The Bertz CT molecular complexity index is 1840. The van der Waals surface area contributed by atoms with Gasteiger partial charge < -0.3 is 24.2 Å². The van der Waals surface area contributed by atoms with Gasteiger partial charge in [-0.1, -0.05) is 271 Å². The molecule has 0 aliphatic rings. The lowest BCUT2D eigenvalue weighted by atomic mass is 10.0. The van der Waals surface area contributed by atoms with Crippen LogP contribution < -0.4 is 0 Å². The average Bonchev–Trinajstić information content (AvgIpc) is 3.50. The molecule has 0 heterocycles. The number of ether oxygens (including phenoxy) is 3. The number of unbranched alkanes of at least 4 members (excludes halogenated alkanes) is 22. The summed E-state index contributed by atoms with van der Waals surface area (Å²) in [6, 6.07) is 0. The van der Waals surface area contributed by atoms with Crippen LogP contribution in [0.4, 0.5) is 0 Å². The molecule has 2 N–H and O–H groups in total. The molecule has 0 saturated heterocycles. The minimum Gasteiger partial charge on any atom is -0.462 e. The van der Waals surface area contributed by atoms with Crippen LogP contribution in [0, 0.1) is 0 Å². The summed E-state index contributed by atoms with van der Waals surface area (Å²) < 4.78 is 39.6. The molecule has 3 unspecified atom stereocenters. The summed E-state index contributed by atoms with van der Waals surface area (Å²) in [5, 5.41) is 9.85. The largest absolute Gasteiger partial charge is 0.472 e. The van der Waals surface area contributed by atoms with E-state index in [1.807, 2.05) is 12.2 Å². The summed E-state index contributed by atoms with van der Waals surface area (Å²) in [5.41, 5.74) is 0. The Morgan fingerprint density at radius 3 is 1.05 bits per heavy atom. The zero-order valence-electron chi connectivity index (χ0n) is 51.9. The van der Waals surface area contributed by atoms with E-state index in [0.29, 0.717) is 25.7 Å². The molecule has 0 radical (unpaired) electrons. The number of phosphoric ester groups is 1. The Kier molecular flexibility index (Phi) is 59.8. The molecular formula is C70H117O11P. The zero-order chi connectivity index (χ0) is 59.8. The summed E-state index contributed by atoms with van der Waals surface area (Å²) in [4.78, 5) is 48.7. The third-order valence-electron chi connectivity index (χ3n) is 13.4. The molecule has 3 atom stereocenters. The highest BCUT2D eigenvalue weighted by Crippen LogP contribution is 2.43. The number of aliphatic hydroxyl groups is 1. The van der Waals surface area contributed by atoms with Gasteiger partial charge in [0.15, 0.2) is 6.10 Å². The summed E-state index contributed by atoms with van der Waals surface area (Å²) in [7, 11) is -4.79. The average molecular weight is 1170 g/mol. The van der Waals surface area contributed by atoms with Gasteiger partial charge in [0.25, 0.3) is 0 Å². The maximum absolute atomic E-state index is 13.0. The first-order valence-electron chi connectivity index (χ1n) is 32.4. The van der Waals surface area contributed by atoms with E-state index in [4.69, 9.17) is 23.3 Å². The van der Waals surface area contributed by atoms with Gasteiger partial charge in [-0.05, 0) is 96.3 Å². The number of aliphatic hydroxyl groups excluding tert-OH is 1. The molecule has 0 aromatic rings. The summed E-state index contributed by atoms with van der Waals surface area (Å²) in [5.74, 6) is -1.59. The number of carbonyl (C=O) groups excluding carboxylic acids is 3. The van der Waals surface area contributed by atoms with Crippen LogP contribution in [0.2, 0.25) is 0 Å². The minimum atomic E-state index is -4.79. The van der Waals surface area contributed by atoms with Crippen LogP contribution in [0.1, 0.15) is 265 Å². The van der Waals surface area contributed by atoms with Gasteiger partial charge in [0, 0.05) is 19.3 Å². The van der Waals surface area contributed by atoms with Crippen molar-refractivity contribution in [1.29, 1.82) is 0 Å². The smallest absolute Gasteiger partial charge is 0.462 e. The van der Waals surface area contributed by atoms with E-state index >= 15 is 0 Å². The maximum atomic E-state index is 13.0. The predicted molar refractivity (Wildman–Crippen MR) is 343 cm³/mol. The molecule has 0 aliphatic carbocycles. The van der Waals surface area contributed by atoms with Crippen molar-refractivity contribution in [3.05, 3.63) is 122 Å². The molecule has 0 amide bonds. The second-order valence-corrected chi connectivity index (χ2v) is 22.6. The lowest BCUT2D eigenvalue weighted by Crippen LogP contribution is -2.30. The molecule has 468 valence electrons. The monoisotopic (exact) mass is 1160 g/mol. The topological polar surface area (TPSA) is 155 Å². The standard InChI is InChI=1S/C70H117O11P/c1-4-7-10-13-16-19-22-25-28-31-33-36-38-41-44-47-50-53-56-59-68(72)77-63-67(81-70(74)61-58-55-52-49-46-43-40-37-34-32-29-26-23-20-17-14-11-8-5-2)65-79-82(75,76)78-64-66(62-71)80-69(73)60-57-54-51-48-45-42-39-35-30-27-24-21-18-15-12-9-6-3/h8-9,11-12,17-18,20-21,26-27,29-30,34,37,39,42-43,46,52,55,66-67,71H,4-7,10,13-16,19,22-25,28,31-33,35-36,38,40-41,44-45,47-51,53-54,56-65H2,1-3H3,(H,75,76)/b11-8-,12-9-,20-17-,21-18-,29-26-,30-27-,37-34-,42-39-,46-43-,55-52-. The molecular weight excluding hydrogens is 1050 g/mol. The summed E-state index contributed by atoms with van der Waals surface area (Å²) >= 11 is 0. The molecule has 11 nitrogen and oxygen atoms in total. The van der Waals surface area contributed by atoms with E-state index in [9.17, 15) is 28.9 Å². The zero-order valence-corrected chi connectivity index (χ0v) is 52.8. The second-order valence-electron chi connectivity index (χ2n) is 21.2. The van der Waals surface area contributed by atoms with Gasteiger partial charge in [-0.2, -0.15) is 0 Å². The van der Waals surface area contributed by atoms with Crippen molar-refractivity contribution in [3.8, 4) is 0 Å². The van der Waals surface area contributed by atoms with Crippen LogP contribution in [0.25, 0.3) is 0 Å². The number of hydrogen-bond acceptors (Lipinski definition) is 10. The maximum Gasteiger partial charge on any atom is 0.472 e. The molecule has 82 heavy (non-hydrogen) atoms. The van der Waals surface area contributed by atoms with E-state index in [-0.39, 0.29) is 25.9 Å². The van der Waals surface area contributed by atoms with Crippen molar-refractivity contribution >= 4 is 25.7 Å². The Balaban J connectivity index is 4.82. The summed E-state index contributed by atoms with van der Waals surface area (Å²) in [6.45, 7) is 4.33. The fourth-order valence-electron chi connectivity index (χ4n) is 8.55. The molecule has 12 heteroatoms. The molecule has 0 saturated carbocycles. The summed E-state index contributed by atoms with van der Waals surface area (Å²) in [6.07, 6.45) is 78.8. The van der Waals surface area contributed by atoms with Gasteiger partial charge in [-0.25, -0.2) is 4.57 Å². The predicted octanol–water partition coefficient (Wildman–Crippen LogP) is 19.9. The first-order valence-corrected chi connectivity index (χ1v) is 33.9. The van der Waals surface area contributed by atoms with Gasteiger partial charge in [-0.3, -0.25) is 23.4 Å². The van der Waals surface area contributed by atoms with Crippen molar-refractivity contribution < 1.29 is 52.2 Å². The Hall–Kier alpha value is -4.12. The highest BCUT2D eigenvalue weighted by Gasteiger charge is 2.28. The molecule has 0 aromatic heterocycles. The Morgan fingerprint density at radius 2 is 0.659 bits per heavy atom. The first-order chi connectivity index (χ1) is 40.2. The van der Waals surface area contributed by atoms with Crippen molar-refractivity contribution in [1.82, 2.24) is 0 Å². The highest BCUT2D eigenvalue weighted by atomic mass is 31.2. The molecule has 0 rings (SSSR count). The second kappa shape index (κ2) is 62.9. The van der Waals surface area contributed by atoms with E-state index in [1.165, 1.54) is 96.3 Å². The SMILES string of the molecule is CC/C=C\C/C=C\C/C=C\C/C=C\C/C=C\C/C=C\CCC(=O)OC(COC(=O)CCCCCCCCCCCCCCCCCCCCC)COP(=O)(O)OCC(CO)OC(=O)CCCCCC/C=C\C/C=C\C/C=C\C/C=C\CC. The minimum absolute atomic E-state index is 0.0365. The normalized spacial score (nSPS) is 14.1. The Morgan fingerprint density at radius 1 is 0.354 bits per heavy atom. The van der Waals surface area contributed by atoms with E-state index in [0.717, 1.165) is 103 Å². The fourth-order valence-corrected chi connectivity index (χ4v) is 9.33. The van der Waals surface area contributed by atoms with E-state index < -0.39 is 57.8 Å². The first kappa shape index (κ1) is 77.9. The molecule has 0 aliphatic heterocycles. The number of allylic oxidation sites excluding steroid dienone is 20. The molecule has 0 spiro atoms.